The molecule has 0 saturated carbocycles. The summed E-state index contributed by atoms with van der Waals surface area (Å²) in [6.45, 7) is 8.23. The fourth-order valence-electron chi connectivity index (χ4n) is 5.86. The summed E-state index contributed by atoms with van der Waals surface area (Å²) in [4.78, 5) is 31.8. The monoisotopic (exact) mass is 613 g/mol. The molecular weight excluding hydrogens is 584 g/mol. The van der Waals surface area contributed by atoms with E-state index in [4.69, 9.17) is 27.1 Å². The van der Waals surface area contributed by atoms with Gasteiger partial charge in [-0.3, -0.25) is 4.79 Å². The summed E-state index contributed by atoms with van der Waals surface area (Å²) in [5, 5.41) is 0.659. The summed E-state index contributed by atoms with van der Waals surface area (Å²) in [5.74, 6) is -0.883. The minimum atomic E-state index is -0.697. The van der Waals surface area contributed by atoms with Crippen molar-refractivity contribution in [1.82, 2.24) is 24.8 Å². The lowest BCUT2D eigenvalue weighted by molar-refractivity contribution is -0.128. The molecule has 0 aliphatic carbocycles. The first-order chi connectivity index (χ1) is 20.2. The number of nitrogen functional groups attached to an aromatic ring is 1. The second kappa shape index (κ2) is 11.2. The Hall–Kier alpha value is -3.61. The smallest absolute Gasteiger partial charge is 0.319 e. The summed E-state index contributed by atoms with van der Waals surface area (Å²) >= 11 is 7.74. The molecule has 1 amide bonds. The molecule has 2 aromatic heterocycles. The van der Waals surface area contributed by atoms with E-state index in [0.29, 0.717) is 43.0 Å². The zero-order valence-corrected chi connectivity index (χ0v) is 24.8. The first-order valence-electron chi connectivity index (χ1n) is 13.7. The Bertz CT molecular complexity index is 1720. The highest BCUT2D eigenvalue weighted by Crippen LogP contribution is 2.42. The van der Waals surface area contributed by atoms with Crippen LogP contribution in [0.3, 0.4) is 0 Å². The number of carbonyl (C=O) groups excluding carboxylic acids is 1. The number of anilines is 2. The number of piperazine rings is 1. The number of rotatable bonds is 6. The van der Waals surface area contributed by atoms with Crippen molar-refractivity contribution in [3.63, 3.8) is 0 Å². The zero-order chi connectivity index (χ0) is 29.7. The van der Waals surface area contributed by atoms with Crippen LogP contribution in [0.25, 0.3) is 32.2 Å². The number of fused-ring (bicyclic) bond motifs is 2. The Morgan fingerprint density at radius 3 is 2.76 bits per heavy atom. The van der Waals surface area contributed by atoms with E-state index in [9.17, 15) is 9.18 Å². The highest BCUT2D eigenvalue weighted by molar-refractivity contribution is 7.22. The molecule has 4 heterocycles. The van der Waals surface area contributed by atoms with Crippen LogP contribution in [0.2, 0.25) is 5.02 Å². The number of halogens is 3. The molecule has 2 saturated heterocycles. The number of aromatic nitrogens is 3. The van der Waals surface area contributed by atoms with Crippen LogP contribution in [-0.2, 0) is 4.79 Å². The van der Waals surface area contributed by atoms with E-state index in [2.05, 4.69) is 21.4 Å². The van der Waals surface area contributed by atoms with Gasteiger partial charge < -0.3 is 25.2 Å². The van der Waals surface area contributed by atoms with Gasteiger partial charge in [0.1, 0.15) is 23.8 Å². The van der Waals surface area contributed by atoms with Crippen LogP contribution in [0.15, 0.2) is 30.9 Å². The summed E-state index contributed by atoms with van der Waals surface area (Å²) in [6, 6.07) is 4.42. The molecule has 2 aliphatic heterocycles. The Labute approximate surface area is 250 Å². The quantitative estimate of drug-likeness (QED) is 0.299. The summed E-state index contributed by atoms with van der Waals surface area (Å²) in [5.41, 5.74) is 6.47. The van der Waals surface area contributed by atoms with Crippen LogP contribution in [-0.4, -0.2) is 82.6 Å². The van der Waals surface area contributed by atoms with Crippen LogP contribution in [0.1, 0.15) is 19.8 Å². The number of hydrogen-bond donors (Lipinski definition) is 1. The second-order valence-corrected chi connectivity index (χ2v) is 12.2. The van der Waals surface area contributed by atoms with E-state index in [0.717, 1.165) is 30.7 Å². The van der Waals surface area contributed by atoms with Crippen molar-refractivity contribution in [2.24, 2.45) is 0 Å². The van der Waals surface area contributed by atoms with Gasteiger partial charge in [0.2, 0.25) is 5.91 Å². The summed E-state index contributed by atoms with van der Waals surface area (Å²) < 4.78 is 37.4. The fourth-order valence-corrected chi connectivity index (χ4v) is 6.92. The standard InChI is InChI=1S/C29H30ClF2N7O2S/c1-4-21(40)39-11-10-38(13-15(39)2)27-18-12-19(30)22(17-7-8-20(31)26-25(17)34-28(33)42-26)23(32)24(18)35-29(36-27)41-14-16-6-5-9-37(16)3/h4,7-8,12,15-16H,1,5-6,9-11,13-14H2,2-3H3,(H2,33,34)/t15-,16+/m1/s1. The average Bonchev–Trinajstić information content (AvgIpc) is 3.57. The molecule has 6 rings (SSSR count). The lowest BCUT2D eigenvalue weighted by atomic mass is 10.0. The van der Waals surface area contributed by atoms with Crippen molar-refractivity contribution in [2.45, 2.75) is 31.8 Å². The van der Waals surface area contributed by atoms with Gasteiger partial charge in [-0.25, -0.2) is 13.8 Å². The van der Waals surface area contributed by atoms with Crippen molar-refractivity contribution in [1.29, 1.82) is 0 Å². The number of ether oxygens (including phenoxy) is 1. The van der Waals surface area contributed by atoms with Crippen molar-refractivity contribution >= 4 is 60.9 Å². The van der Waals surface area contributed by atoms with Gasteiger partial charge in [-0.1, -0.05) is 29.5 Å². The van der Waals surface area contributed by atoms with Crippen LogP contribution < -0.4 is 15.4 Å². The highest BCUT2D eigenvalue weighted by Gasteiger charge is 2.31. The number of amides is 1. The van der Waals surface area contributed by atoms with Gasteiger partial charge in [0.25, 0.3) is 0 Å². The number of likely N-dealkylation sites (N-methyl/N-ethyl adjacent to an activating group) is 1. The topological polar surface area (TPSA) is 101 Å². The maximum Gasteiger partial charge on any atom is 0.319 e. The molecule has 42 heavy (non-hydrogen) atoms. The third-order valence-electron chi connectivity index (χ3n) is 8.08. The minimum Gasteiger partial charge on any atom is -0.462 e. The SMILES string of the molecule is C=CC(=O)N1CCN(c2nc(OC[C@@H]3CCCN3C)nc3c(F)c(-c4ccc(F)c5sc(N)nc45)c(Cl)cc23)C[C@H]1C. The number of hydrogen-bond acceptors (Lipinski definition) is 9. The van der Waals surface area contributed by atoms with E-state index in [1.165, 1.54) is 18.2 Å². The Morgan fingerprint density at radius 1 is 1.24 bits per heavy atom. The maximum absolute atomic E-state index is 16.6. The first kappa shape index (κ1) is 28.5. The zero-order valence-electron chi connectivity index (χ0n) is 23.2. The molecule has 2 aliphatic rings. The third-order valence-corrected chi connectivity index (χ3v) is 9.28. The molecule has 4 aromatic rings. The van der Waals surface area contributed by atoms with Gasteiger partial charge >= 0.3 is 6.01 Å². The van der Waals surface area contributed by atoms with E-state index in [1.807, 2.05) is 18.9 Å². The number of nitrogens with zero attached hydrogens (tertiary/aromatic N) is 6. The van der Waals surface area contributed by atoms with Crippen LogP contribution >= 0.6 is 22.9 Å². The lowest BCUT2D eigenvalue weighted by Crippen LogP contribution is -2.54. The maximum atomic E-state index is 16.6. The van der Waals surface area contributed by atoms with E-state index in [1.54, 1.807) is 11.0 Å². The van der Waals surface area contributed by atoms with Crippen LogP contribution in [0.4, 0.5) is 19.7 Å². The fraction of sp³-hybridized carbons (Fsp3) is 0.379. The van der Waals surface area contributed by atoms with Gasteiger partial charge in [0, 0.05) is 48.2 Å². The lowest BCUT2D eigenvalue weighted by Gasteiger charge is -2.40. The Kier molecular flexibility index (Phi) is 7.62. The Morgan fingerprint density at radius 2 is 2.05 bits per heavy atom. The van der Waals surface area contributed by atoms with Crippen molar-refractivity contribution < 1.29 is 18.3 Å². The first-order valence-corrected chi connectivity index (χ1v) is 14.9. The minimum absolute atomic E-state index is 0.0205. The summed E-state index contributed by atoms with van der Waals surface area (Å²) in [7, 11) is 2.04. The van der Waals surface area contributed by atoms with E-state index < -0.39 is 11.6 Å². The predicted octanol–water partition coefficient (Wildman–Crippen LogP) is 5.12. The molecule has 9 nitrogen and oxygen atoms in total. The number of carbonyl (C=O) groups is 1. The van der Waals surface area contributed by atoms with Gasteiger partial charge in [-0.05, 0) is 57.6 Å². The number of benzene rings is 2. The molecule has 2 atom stereocenters. The number of nitrogens with two attached hydrogens (primary N) is 1. The van der Waals surface area contributed by atoms with Gasteiger partial charge in [-0.2, -0.15) is 9.97 Å². The predicted molar refractivity (Wildman–Crippen MR) is 162 cm³/mol. The molecule has 0 bridgehead atoms. The highest BCUT2D eigenvalue weighted by atomic mass is 35.5. The normalized spacial score (nSPS) is 19.6. The molecule has 0 unspecified atom stereocenters. The molecule has 220 valence electrons. The number of likely N-dealkylation sites (tertiary alicyclic amines) is 1. The molecular formula is C29H30ClF2N7O2S. The van der Waals surface area contributed by atoms with Crippen LogP contribution in [0.5, 0.6) is 6.01 Å². The van der Waals surface area contributed by atoms with E-state index >= 15 is 4.39 Å². The third kappa shape index (κ3) is 5.01. The molecule has 2 aromatic carbocycles. The molecule has 13 heteroatoms. The van der Waals surface area contributed by atoms with Crippen LogP contribution in [0, 0.1) is 11.6 Å². The van der Waals surface area contributed by atoms with Gasteiger partial charge in [0.05, 0.1) is 15.2 Å². The van der Waals surface area contributed by atoms with Crippen molar-refractivity contribution in [2.75, 3.05) is 50.5 Å². The molecule has 0 radical (unpaired) electrons. The van der Waals surface area contributed by atoms with Gasteiger partial charge in [-0.15, -0.1) is 0 Å². The van der Waals surface area contributed by atoms with Gasteiger partial charge in [0.15, 0.2) is 10.9 Å². The molecule has 2 fully saturated rings. The van der Waals surface area contributed by atoms with Crippen molar-refractivity contribution in [3.05, 3.63) is 47.5 Å². The largest absolute Gasteiger partial charge is 0.462 e. The number of thiazole rings is 1. The molecule has 2 N–H and O–H groups in total. The van der Waals surface area contributed by atoms with Crippen molar-refractivity contribution in [3.8, 4) is 17.1 Å². The van der Waals surface area contributed by atoms with E-state index in [-0.39, 0.29) is 55.5 Å². The molecule has 0 spiro atoms. The second-order valence-electron chi connectivity index (χ2n) is 10.7. The Balaban J connectivity index is 1.48. The summed E-state index contributed by atoms with van der Waals surface area (Å²) in [6.07, 6.45) is 3.36. The average molecular weight is 614 g/mol.